The molecule has 0 aromatic heterocycles. The molecule has 2 atom stereocenters. The Kier molecular flexibility index (Phi) is 4.91. The molecular formula is C11H16N2O6S. The monoisotopic (exact) mass is 304 g/mol. The molecule has 8 nitrogen and oxygen atoms in total. The summed E-state index contributed by atoms with van der Waals surface area (Å²) in [6.45, 7) is 0.805. The van der Waals surface area contributed by atoms with E-state index in [9.17, 15) is 13.6 Å². The molecule has 0 bridgehead atoms. The Morgan fingerprint density at radius 2 is 2.15 bits per heavy atom. The number of hydrogen-bond acceptors (Lipinski definition) is 6. The lowest BCUT2D eigenvalue weighted by Crippen LogP contribution is -2.99. The highest BCUT2D eigenvalue weighted by Gasteiger charge is 2.20. The van der Waals surface area contributed by atoms with Crippen molar-refractivity contribution in [2.45, 2.75) is 18.9 Å². The van der Waals surface area contributed by atoms with E-state index in [2.05, 4.69) is 4.72 Å². The predicted molar refractivity (Wildman–Crippen MR) is 68.7 cm³/mol. The fourth-order valence-corrected chi connectivity index (χ4v) is 2.62. The average molecular weight is 304 g/mol. The first-order valence-electron chi connectivity index (χ1n) is 6.10. The van der Waals surface area contributed by atoms with Crippen LogP contribution >= 0.6 is 0 Å². The maximum absolute atomic E-state index is 11.7. The van der Waals surface area contributed by atoms with Crippen LogP contribution in [0.2, 0.25) is 0 Å². The molecule has 1 unspecified atom stereocenters. The van der Waals surface area contributed by atoms with Crippen molar-refractivity contribution in [3.05, 3.63) is 29.5 Å². The molecule has 1 aromatic carbocycles. The van der Waals surface area contributed by atoms with Crippen LogP contribution in [0.5, 0.6) is 5.75 Å². The van der Waals surface area contributed by atoms with E-state index in [0.717, 1.165) is 12.8 Å². The van der Waals surface area contributed by atoms with Crippen molar-refractivity contribution in [1.82, 2.24) is 4.72 Å². The van der Waals surface area contributed by atoms with Gasteiger partial charge in [0.05, 0.1) is 6.10 Å². The molecule has 0 amide bonds. The van der Waals surface area contributed by atoms with Gasteiger partial charge in [-0.25, -0.2) is 5.21 Å². The van der Waals surface area contributed by atoms with Gasteiger partial charge in [-0.3, -0.25) is 0 Å². The van der Waals surface area contributed by atoms with Crippen molar-refractivity contribution in [2.75, 3.05) is 13.2 Å². The van der Waals surface area contributed by atoms with Gasteiger partial charge in [-0.05, 0) is 25.0 Å². The first-order valence-corrected chi connectivity index (χ1v) is 7.51. The zero-order valence-corrected chi connectivity index (χ0v) is 11.4. The van der Waals surface area contributed by atoms with Crippen molar-refractivity contribution in [3.8, 4) is 5.75 Å². The van der Waals surface area contributed by atoms with Gasteiger partial charge in [-0.15, -0.1) is 0 Å². The standard InChI is InChI=1S/C11H16N2O6S/c14-13(15)9-3-5-10(6-4-9)19-20(16,17)12-8-11-2-1-7-18-11/h3-6,11-14H,1-2,7-8H2/t11-/m1/s1. The number of ether oxygens (including phenoxy) is 1. The molecule has 1 heterocycles. The third kappa shape index (κ3) is 4.40. The Bertz CT molecular complexity index is 524. The van der Waals surface area contributed by atoms with Crippen LogP contribution in [0.15, 0.2) is 24.3 Å². The molecule has 20 heavy (non-hydrogen) atoms. The third-order valence-corrected chi connectivity index (χ3v) is 3.75. The largest absolute Gasteiger partial charge is 0.595 e. The van der Waals surface area contributed by atoms with Crippen molar-refractivity contribution < 1.29 is 27.8 Å². The predicted octanol–water partition coefficient (Wildman–Crippen LogP) is -0.518. The lowest BCUT2D eigenvalue weighted by Gasteiger charge is -2.13. The first kappa shape index (κ1) is 15.2. The minimum atomic E-state index is -3.93. The molecule has 0 spiro atoms. The van der Waals surface area contributed by atoms with E-state index in [1.807, 2.05) is 0 Å². The molecule has 3 N–H and O–H groups in total. The Morgan fingerprint density at radius 1 is 1.45 bits per heavy atom. The fraction of sp³-hybridized carbons (Fsp3) is 0.455. The summed E-state index contributed by atoms with van der Waals surface area (Å²) in [5, 5.41) is 18.3. The van der Waals surface area contributed by atoms with Crippen molar-refractivity contribution in [3.63, 3.8) is 0 Å². The van der Waals surface area contributed by atoms with E-state index in [1.165, 1.54) is 24.3 Å². The second-order valence-electron chi connectivity index (χ2n) is 4.35. The quantitative estimate of drug-likeness (QED) is 0.610. The molecule has 0 radical (unpaired) electrons. The van der Waals surface area contributed by atoms with Crippen LogP contribution in [-0.4, -0.2) is 32.9 Å². The van der Waals surface area contributed by atoms with Crippen molar-refractivity contribution in [2.24, 2.45) is 0 Å². The molecule has 0 saturated carbocycles. The summed E-state index contributed by atoms with van der Waals surface area (Å²) in [7, 11) is -3.93. The van der Waals surface area contributed by atoms with Crippen LogP contribution in [0.25, 0.3) is 0 Å². The van der Waals surface area contributed by atoms with E-state index >= 15 is 0 Å². The van der Waals surface area contributed by atoms with Crippen LogP contribution in [0.1, 0.15) is 12.8 Å². The SMILES string of the molecule is O=S(=O)(NC[C@H]1CCCO1)Oc1ccc([NH+]([O-])O)cc1. The molecule has 1 fully saturated rings. The molecule has 9 heteroatoms. The number of nitrogens with one attached hydrogen (secondary N) is 2. The number of quaternary nitrogens is 1. The molecule has 112 valence electrons. The molecule has 2 rings (SSSR count). The van der Waals surface area contributed by atoms with Gasteiger partial charge in [0.2, 0.25) is 0 Å². The molecule has 0 aliphatic carbocycles. The molecule has 1 aliphatic heterocycles. The van der Waals surface area contributed by atoms with Crippen LogP contribution in [-0.2, 0) is 15.0 Å². The van der Waals surface area contributed by atoms with Crippen molar-refractivity contribution >= 4 is 16.0 Å². The van der Waals surface area contributed by atoms with Crippen LogP contribution < -0.4 is 14.1 Å². The van der Waals surface area contributed by atoms with Crippen LogP contribution in [0.3, 0.4) is 0 Å². The summed E-state index contributed by atoms with van der Waals surface area (Å²) in [6, 6.07) is 5.12. The first-order chi connectivity index (χ1) is 9.46. The minimum absolute atomic E-state index is 0.0508. The van der Waals surface area contributed by atoms with Gasteiger partial charge in [0, 0.05) is 25.3 Å². The molecular weight excluding hydrogens is 288 g/mol. The van der Waals surface area contributed by atoms with Gasteiger partial charge < -0.3 is 14.1 Å². The number of benzene rings is 1. The van der Waals surface area contributed by atoms with Crippen molar-refractivity contribution in [1.29, 1.82) is 0 Å². The smallest absolute Gasteiger partial charge is 0.382 e. The van der Waals surface area contributed by atoms with Crippen LogP contribution in [0, 0.1) is 5.21 Å². The third-order valence-electron chi connectivity index (χ3n) is 2.82. The minimum Gasteiger partial charge on any atom is -0.595 e. The van der Waals surface area contributed by atoms with E-state index < -0.39 is 15.5 Å². The Morgan fingerprint density at radius 3 is 2.70 bits per heavy atom. The zero-order valence-electron chi connectivity index (χ0n) is 10.6. The zero-order chi connectivity index (χ0) is 14.6. The van der Waals surface area contributed by atoms with E-state index in [-0.39, 0.29) is 24.1 Å². The highest BCUT2D eigenvalue weighted by molar-refractivity contribution is 7.85. The topological polar surface area (TPSA) is 112 Å². The fourth-order valence-electron chi connectivity index (χ4n) is 1.81. The van der Waals surface area contributed by atoms with Gasteiger partial charge >= 0.3 is 10.3 Å². The Hall–Kier alpha value is -1.23. The number of hydrogen-bond donors (Lipinski definition) is 3. The summed E-state index contributed by atoms with van der Waals surface area (Å²) < 4.78 is 35.7. The van der Waals surface area contributed by atoms with Gasteiger partial charge in [0.1, 0.15) is 5.75 Å². The number of rotatable bonds is 6. The summed E-state index contributed by atoms with van der Waals surface area (Å²) >= 11 is 0. The lowest BCUT2D eigenvalue weighted by atomic mass is 10.2. The van der Waals surface area contributed by atoms with Gasteiger partial charge in [-0.2, -0.15) is 18.4 Å². The van der Waals surface area contributed by atoms with Crippen LogP contribution in [0.4, 0.5) is 5.69 Å². The maximum Gasteiger partial charge on any atom is 0.382 e. The Labute approximate surface area is 116 Å². The van der Waals surface area contributed by atoms with Gasteiger partial charge in [-0.1, -0.05) is 0 Å². The highest BCUT2D eigenvalue weighted by atomic mass is 32.2. The molecule has 1 aliphatic rings. The summed E-state index contributed by atoms with van der Waals surface area (Å²) in [4.78, 5) is 0. The Balaban J connectivity index is 1.89. The second kappa shape index (κ2) is 6.48. The normalized spacial score (nSPS) is 20.8. The highest BCUT2D eigenvalue weighted by Crippen LogP contribution is 2.15. The van der Waals surface area contributed by atoms with Gasteiger partial charge in [0.15, 0.2) is 5.69 Å². The molecule has 1 saturated heterocycles. The van der Waals surface area contributed by atoms with E-state index in [0.29, 0.717) is 6.61 Å². The van der Waals surface area contributed by atoms with E-state index in [1.54, 1.807) is 0 Å². The lowest BCUT2D eigenvalue weighted by molar-refractivity contribution is -0.991. The summed E-state index contributed by atoms with van der Waals surface area (Å²) in [5.41, 5.74) is 0.0575. The summed E-state index contributed by atoms with van der Waals surface area (Å²) in [5.74, 6) is 0.0508. The average Bonchev–Trinajstić information content (AvgIpc) is 2.90. The van der Waals surface area contributed by atoms with Gasteiger partial charge in [0.25, 0.3) is 0 Å². The molecule has 1 aromatic rings. The maximum atomic E-state index is 11.7. The second-order valence-corrected chi connectivity index (χ2v) is 5.71. The van der Waals surface area contributed by atoms with E-state index in [4.69, 9.17) is 14.1 Å². The summed E-state index contributed by atoms with van der Waals surface area (Å²) in [6.07, 6.45) is 1.61.